The van der Waals surface area contributed by atoms with Crippen LogP contribution in [0, 0.1) is 0 Å². The van der Waals surface area contributed by atoms with Gasteiger partial charge in [0.05, 0.1) is 21.3 Å². The van der Waals surface area contributed by atoms with E-state index in [0.29, 0.717) is 31.5 Å². The highest BCUT2D eigenvalue weighted by Gasteiger charge is 2.40. The zero-order valence-electron chi connectivity index (χ0n) is 15.1. The fraction of sp³-hybridized carbons (Fsp3) is 0.190. The van der Waals surface area contributed by atoms with Crippen LogP contribution in [0.4, 0.5) is 0 Å². The lowest BCUT2D eigenvalue weighted by atomic mass is 9.79. The lowest BCUT2D eigenvalue weighted by Crippen LogP contribution is -2.33. The number of fused-ring (bicyclic) bond motifs is 2. The van der Waals surface area contributed by atoms with Crippen LogP contribution in [0.5, 0.6) is 0 Å². The van der Waals surface area contributed by atoms with Crippen molar-refractivity contribution in [1.82, 2.24) is 4.98 Å². The highest BCUT2D eigenvalue weighted by molar-refractivity contribution is 6.42. The molecule has 2 unspecified atom stereocenters. The Hall–Kier alpha value is -2.34. The fourth-order valence-corrected chi connectivity index (χ4v) is 4.21. The zero-order valence-corrected chi connectivity index (χ0v) is 17.4. The summed E-state index contributed by atoms with van der Waals surface area (Å²) in [6.45, 7) is 1.28. The minimum absolute atomic E-state index is 0.0117. The minimum Gasteiger partial charge on any atom is -0.455 e. The summed E-state index contributed by atoms with van der Waals surface area (Å²) >= 11 is 18.2. The van der Waals surface area contributed by atoms with E-state index in [1.165, 1.54) is 13.0 Å². The monoisotopic (exact) mass is 449 g/mol. The van der Waals surface area contributed by atoms with Crippen LogP contribution in [0.3, 0.4) is 0 Å². The average molecular weight is 451 g/mol. The van der Waals surface area contributed by atoms with Gasteiger partial charge in [0, 0.05) is 35.2 Å². The quantitative estimate of drug-likeness (QED) is 0.526. The number of aromatic nitrogens is 1. The van der Waals surface area contributed by atoms with Gasteiger partial charge in [-0.1, -0.05) is 40.9 Å². The van der Waals surface area contributed by atoms with Crippen molar-refractivity contribution < 1.29 is 14.3 Å². The molecule has 0 spiro atoms. The number of hydrogen-bond acceptors (Lipinski definition) is 4. The number of ether oxygens (including phenoxy) is 1. The molecule has 2 aromatic carbocycles. The molecule has 1 aromatic heterocycles. The lowest BCUT2D eigenvalue weighted by molar-refractivity contribution is -0.148. The Balaban J connectivity index is 1.96. The van der Waals surface area contributed by atoms with Gasteiger partial charge in [-0.3, -0.25) is 14.4 Å². The summed E-state index contributed by atoms with van der Waals surface area (Å²) in [5.74, 6) is -1.39. The SMILES string of the molecule is CC(=O)OC1c2[nH]c3ccc(Cl)cc3c(=O)c2C(=O)CC1c1ccc(Cl)c(Cl)c1. The summed E-state index contributed by atoms with van der Waals surface area (Å²) in [5, 5.41) is 1.39. The van der Waals surface area contributed by atoms with E-state index in [-0.39, 0.29) is 23.5 Å². The molecule has 0 saturated heterocycles. The maximum Gasteiger partial charge on any atom is 0.303 e. The van der Waals surface area contributed by atoms with E-state index < -0.39 is 23.4 Å². The number of rotatable bonds is 2. The maximum absolute atomic E-state index is 13.0. The number of nitrogens with one attached hydrogen (secondary N) is 1. The molecule has 1 N–H and O–H groups in total. The van der Waals surface area contributed by atoms with E-state index in [1.807, 2.05) is 0 Å². The van der Waals surface area contributed by atoms with Crippen molar-refractivity contribution in [3.05, 3.63) is 78.5 Å². The number of halogens is 3. The number of benzene rings is 2. The molecule has 0 radical (unpaired) electrons. The molecule has 2 atom stereocenters. The van der Waals surface area contributed by atoms with Crippen molar-refractivity contribution in [2.75, 3.05) is 0 Å². The Morgan fingerprint density at radius 3 is 2.52 bits per heavy atom. The second-order valence-corrected chi connectivity index (χ2v) is 8.12. The molecule has 4 rings (SSSR count). The molecule has 1 heterocycles. The first-order valence-corrected chi connectivity index (χ1v) is 9.90. The van der Waals surface area contributed by atoms with E-state index in [1.54, 1.807) is 30.3 Å². The summed E-state index contributed by atoms with van der Waals surface area (Å²) in [7, 11) is 0. The molecule has 0 amide bonds. The number of Topliss-reactive ketones (excluding diaryl/α,β-unsaturated/α-hetero) is 1. The van der Waals surface area contributed by atoms with Gasteiger partial charge in [0.25, 0.3) is 0 Å². The summed E-state index contributed by atoms with van der Waals surface area (Å²) < 4.78 is 5.57. The van der Waals surface area contributed by atoms with Crippen LogP contribution in [0.1, 0.15) is 47.0 Å². The summed E-state index contributed by atoms with van der Waals surface area (Å²) in [6.07, 6.45) is -0.872. The third-order valence-electron chi connectivity index (χ3n) is 4.99. The molecule has 1 aliphatic rings. The average Bonchev–Trinajstić information content (AvgIpc) is 2.66. The molecule has 3 aromatic rings. The summed E-state index contributed by atoms with van der Waals surface area (Å²) in [4.78, 5) is 40.9. The van der Waals surface area contributed by atoms with Crippen molar-refractivity contribution in [2.24, 2.45) is 0 Å². The largest absolute Gasteiger partial charge is 0.455 e. The van der Waals surface area contributed by atoms with E-state index in [9.17, 15) is 14.4 Å². The van der Waals surface area contributed by atoms with Crippen molar-refractivity contribution in [3.8, 4) is 0 Å². The number of carbonyl (C=O) groups excluding carboxylic acids is 2. The molecular formula is C21H14Cl3NO4. The normalized spacial score (nSPS) is 18.6. The van der Waals surface area contributed by atoms with E-state index in [2.05, 4.69) is 4.98 Å². The van der Waals surface area contributed by atoms with Gasteiger partial charge in [0.1, 0.15) is 6.10 Å². The third kappa shape index (κ3) is 3.54. The van der Waals surface area contributed by atoms with Crippen LogP contribution in [-0.4, -0.2) is 16.7 Å². The Kier molecular flexibility index (Phi) is 5.15. The van der Waals surface area contributed by atoms with Gasteiger partial charge in [-0.25, -0.2) is 0 Å². The summed E-state index contributed by atoms with van der Waals surface area (Å²) in [6, 6.07) is 9.78. The van der Waals surface area contributed by atoms with E-state index in [0.717, 1.165) is 0 Å². The molecule has 5 nitrogen and oxygen atoms in total. The van der Waals surface area contributed by atoms with E-state index in [4.69, 9.17) is 39.5 Å². The predicted molar refractivity (Wildman–Crippen MR) is 112 cm³/mol. The number of ketones is 1. The second kappa shape index (κ2) is 7.48. The molecule has 0 bridgehead atoms. The Morgan fingerprint density at radius 1 is 1.07 bits per heavy atom. The Bertz CT molecular complexity index is 1230. The smallest absolute Gasteiger partial charge is 0.303 e. The number of carbonyl (C=O) groups is 2. The first-order chi connectivity index (χ1) is 13.8. The van der Waals surface area contributed by atoms with Crippen LogP contribution in [0.15, 0.2) is 41.2 Å². The van der Waals surface area contributed by atoms with Crippen LogP contribution < -0.4 is 5.43 Å². The third-order valence-corrected chi connectivity index (χ3v) is 5.96. The van der Waals surface area contributed by atoms with Crippen LogP contribution >= 0.6 is 34.8 Å². The molecule has 29 heavy (non-hydrogen) atoms. The van der Waals surface area contributed by atoms with Crippen LogP contribution in [0.2, 0.25) is 15.1 Å². The lowest BCUT2D eigenvalue weighted by Gasteiger charge is -2.32. The first-order valence-electron chi connectivity index (χ1n) is 8.77. The number of pyridine rings is 1. The molecule has 8 heteroatoms. The molecule has 148 valence electrons. The zero-order chi connectivity index (χ0) is 20.9. The minimum atomic E-state index is -0.856. The van der Waals surface area contributed by atoms with Gasteiger partial charge in [-0.15, -0.1) is 0 Å². The fourth-order valence-electron chi connectivity index (χ4n) is 3.73. The topological polar surface area (TPSA) is 76.2 Å². The van der Waals surface area contributed by atoms with Gasteiger partial charge in [0.2, 0.25) is 5.43 Å². The standard InChI is InChI=1S/C21H14Cl3NO4/c1-9(26)29-21-12(10-2-4-14(23)15(24)6-10)8-17(27)18-19(21)25-16-5-3-11(22)7-13(16)20(18)28/h2-7,12,21H,8H2,1H3,(H,25,28). The number of H-pyrrole nitrogens is 1. The molecular weight excluding hydrogens is 437 g/mol. The Labute approximate surface area is 180 Å². The van der Waals surface area contributed by atoms with Crippen molar-refractivity contribution in [2.45, 2.75) is 25.4 Å². The van der Waals surface area contributed by atoms with Gasteiger partial charge in [0.15, 0.2) is 5.78 Å². The molecule has 0 aliphatic heterocycles. The van der Waals surface area contributed by atoms with Gasteiger partial charge in [-0.2, -0.15) is 0 Å². The number of esters is 1. The molecule has 0 fully saturated rings. The van der Waals surface area contributed by atoms with Gasteiger partial charge in [-0.05, 0) is 35.9 Å². The Morgan fingerprint density at radius 2 is 1.83 bits per heavy atom. The highest BCUT2D eigenvalue weighted by atomic mass is 35.5. The summed E-state index contributed by atoms with van der Waals surface area (Å²) in [5.41, 5.74) is 1.00. The van der Waals surface area contributed by atoms with Crippen LogP contribution in [-0.2, 0) is 9.53 Å². The van der Waals surface area contributed by atoms with Gasteiger partial charge < -0.3 is 9.72 Å². The van der Waals surface area contributed by atoms with Crippen molar-refractivity contribution >= 4 is 57.5 Å². The van der Waals surface area contributed by atoms with Crippen molar-refractivity contribution in [3.63, 3.8) is 0 Å². The van der Waals surface area contributed by atoms with Crippen molar-refractivity contribution in [1.29, 1.82) is 0 Å². The van der Waals surface area contributed by atoms with E-state index >= 15 is 0 Å². The first kappa shape index (κ1) is 20.0. The molecule has 0 saturated carbocycles. The second-order valence-electron chi connectivity index (χ2n) is 6.87. The molecule has 1 aliphatic carbocycles. The number of hydrogen-bond donors (Lipinski definition) is 1. The van der Waals surface area contributed by atoms with Gasteiger partial charge >= 0.3 is 5.97 Å². The van der Waals surface area contributed by atoms with Crippen LogP contribution in [0.25, 0.3) is 10.9 Å². The highest BCUT2D eigenvalue weighted by Crippen LogP contribution is 2.43. The predicted octanol–water partition coefficient (Wildman–Crippen LogP) is 5.46. The number of aromatic amines is 1. The maximum atomic E-state index is 13.0.